The van der Waals surface area contributed by atoms with Gasteiger partial charge in [-0.2, -0.15) is 0 Å². The Morgan fingerprint density at radius 2 is 1.97 bits per heavy atom. The van der Waals surface area contributed by atoms with Crippen LogP contribution in [0.3, 0.4) is 0 Å². The maximum atomic E-state index is 11.7. The highest BCUT2D eigenvalue weighted by Gasteiger charge is 2.59. The number of nitrogens with zero attached hydrogens (tertiary/aromatic N) is 3. The van der Waals surface area contributed by atoms with E-state index in [1.54, 1.807) is 18.6 Å². The van der Waals surface area contributed by atoms with Crippen LogP contribution in [0.5, 0.6) is 0 Å². The predicted molar refractivity (Wildman–Crippen MR) is 115 cm³/mol. The molecule has 2 fully saturated rings. The third kappa shape index (κ3) is 3.14. The number of alkyl halides is 1. The highest BCUT2D eigenvalue weighted by molar-refractivity contribution is 6.31. The third-order valence-electron chi connectivity index (χ3n) is 6.68. The second kappa shape index (κ2) is 7.51. The summed E-state index contributed by atoms with van der Waals surface area (Å²) in [7, 11) is 0. The van der Waals surface area contributed by atoms with Gasteiger partial charge < -0.3 is 5.11 Å². The number of hydrogen-bond acceptors (Lipinski definition) is 4. The van der Waals surface area contributed by atoms with Crippen molar-refractivity contribution in [3.8, 4) is 0 Å². The SMILES string of the molecule is OC1(c2cnccn2)CC2CCC1N2C(c1ccccc1Cl)C1C=CC=CC1Cl. The Balaban J connectivity index is 1.59. The van der Waals surface area contributed by atoms with Crippen LogP contribution in [0.15, 0.2) is 67.2 Å². The molecular formula is C23H23Cl2N3O. The molecule has 2 aliphatic heterocycles. The van der Waals surface area contributed by atoms with Crippen molar-refractivity contribution >= 4 is 23.2 Å². The van der Waals surface area contributed by atoms with E-state index in [9.17, 15) is 5.11 Å². The average Bonchev–Trinajstić information content (AvgIpc) is 3.27. The number of benzene rings is 1. The zero-order valence-electron chi connectivity index (χ0n) is 15.9. The summed E-state index contributed by atoms with van der Waals surface area (Å²) in [5, 5.41) is 12.3. The van der Waals surface area contributed by atoms with Crippen molar-refractivity contribution in [2.24, 2.45) is 5.92 Å². The van der Waals surface area contributed by atoms with Gasteiger partial charge in [0, 0.05) is 41.5 Å². The minimum absolute atomic E-state index is 0.0180. The molecule has 3 aliphatic rings. The number of aliphatic hydroxyl groups is 1. The van der Waals surface area contributed by atoms with Gasteiger partial charge in [0.15, 0.2) is 0 Å². The van der Waals surface area contributed by atoms with E-state index in [-0.39, 0.29) is 29.4 Å². The molecule has 1 aliphatic carbocycles. The van der Waals surface area contributed by atoms with Gasteiger partial charge >= 0.3 is 0 Å². The van der Waals surface area contributed by atoms with Crippen LogP contribution >= 0.6 is 23.2 Å². The van der Waals surface area contributed by atoms with Crippen LogP contribution < -0.4 is 0 Å². The molecule has 2 aromatic rings. The van der Waals surface area contributed by atoms with Gasteiger partial charge in [-0.3, -0.25) is 14.9 Å². The molecule has 0 saturated carbocycles. The van der Waals surface area contributed by atoms with Crippen molar-refractivity contribution < 1.29 is 5.11 Å². The fraction of sp³-hybridized carbons (Fsp3) is 0.391. The Bertz CT molecular complexity index is 950. The molecule has 0 spiro atoms. The summed E-state index contributed by atoms with van der Waals surface area (Å²) in [6.45, 7) is 0. The first-order valence-corrected chi connectivity index (χ1v) is 10.9. The zero-order chi connectivity index (χ0) is 20.0. The summed E-state index contributed by atoms with van der Waals surface area (Å²) in [6, 6.07) is 8.17. The van der Waals surface area contributed by atoms with Crippen molar-refractivity contribution in [2.75, 3.05) is 0 Å². The lowest BCUT2D eigenvalue weighted by atomic mass is 9.82. The van der Waals surface area contributed by atoms with E-state index in [0.717, 1.165) is 23.4 Å². The van der Waals surface area contributed by atoms with E-state index in [0.29, 0.717) is 12.1 Å². The van der Waals surface area contributed by atoms with E-state index in [1.165, 1.54) is 0 Å². The number of rotatable bonds is 4. The molecule has 0 radical (unpaired) electrons. The second-order valence-electron chi connectivity index (χ2n) is 8.17. The van der Waals surface area contributed by atoms with Crippen LogP contribution in [0.25, 0.3) is 0 Å². The number of halogens is 2. The van der Waals surface area contributed by atoms with E-state index < -0.39 is 5.60 Å². The van der Waals surface area contributed by atoms with Crippen molar-refractivity contribution in [1.29, 1.82) is 0 Å². The van der Waals surface area contributed by atoms with E-state index in [1.807, 2.05) is 30.4 Å². The lowest BCUT2D eigenvalue weighted by molar-refractivity contribution is -0.0166. The van der Waals surface area contributed by atoms with E-state index in [4.69, 9.17) is 23.2 Å². The zero-order valence-corrected chi connectivity index (χ0v) is 17.4. The Hall–Kier alpha value is -1.72. The van der Waals surface area contributed by atoms with Gasteiger partial charge in [0.25, 0.3) is 0 Å². The maximum Gasteiger partial charge on any atom is 0.125 e. The third-order valence-corrected chi connectivity index (χ3v) is 7.46. The predicted octanol–water partition coefficient (Wildman–Crippen LogP) is 4.65. The summed E-state index contributed by atoms with van der Waals surface area (Å²) in [5.74, 6) is 0.0638. The van der Waals surface area contributed by atoms with Crippen LogP contribution in [0.1, 0.15) is 36.6 Å². The molecule has 1 N–H and O–H groups in total. The Morgan fingerprint density at radius 3 is 2.72 bits per heavy atom. The van der Waals surface area contributed by atoms with Gasteiger partial charge in [-0.25, -0.2) is 0 Å². The first-order chi connectivity index (χ1) is 14.1. The van der Waals surface area contributed by atoms with Gasteiger partial charge in [0.1, 0.15) is 5.60 Å². The Kier molecular flexibility index (Phi) is 4.99. The molecule has 4 nitrogen and oxygen atoms in total. The normalized spacial score (nSPS) is 34.6. The van der Waals surface area contributed by atoms with Crippen LogP contribution in [-0.4, -0.2) is 37.4 Å². The summed E-state index contributed by atoms with van der Waals surface area (Å²) in [4.78, 5) is 11.1. The lowest BCUT2D eigenvalue weighted by Crippen LogP contribution is -2.45. The molecule has 1 aromatic carbocycles. The molecule has 3 heterocycles. The topological polar surface area (TPSA) is 49.3 Å². The monoisotopic (exact) mass is 427 g/mol. The smallest absolute Gasteiger partial charge is 0.125 e. The quantitative estimate of drug-likeness (QED) is 0.721. The summed E-state index contributed by atoms with van der Waals surface area (Å²) in [5.41, 5.74) is 0.703. The first-order valence-electron chi connectivity index (χ1n) is 10.1. The number of fused-ring (bicyclic) bond motifs is 2. The maximum absolute atomic E-state index is 11.7. The summed E-state index contributed by atoms with van der Waals surface area (Å²) < 4.78 is 0. The molecule has 5 rings (SSSR count). The Labute approximate surface area is 180 Å². The van der Waals surface area contributed by atoms with Crippen LogP contribution in [0.2, 0.25) is 5.02 Å². The second-order valence-corrected chi connectivity index (χ2v) is 9.08. The van der Waals surface area contributed by atoms with Gasteiger partial charge in [-0.1, -0.05) is 54.1 Å². The van der Waals surface area contributed by atoms with Gasteiger partial charge in [0.2, 0.25) is 0 Å². The molecule has 2 bridgehead atoms. The molecule has 0 amide bonds. The van der Waals surface area contributed by atoms with Gasteiger partial charge in [0.05, 0.1) is 17.3 Å². The number of hydrogen-bond donors (Lipinski definition) is 1. The summed E-state index contributed by atoms with van der Waals surface area (Å²) >= 11 is 13.4. The minimum atomic E-state index is -1.01. The van der Waals surface area contributed by atoms with Gasteiger partial charge in [-0.05, 0) is 30.9 Å². The van der Waals surface area contributed by atoms with Crippen LogP contribution in [-0.2, 0) is 5.60 Å². The molecule has 6 heteroatoms. The van der Waals surface area contributed by atoms with E-state index in [2.05, 4.69) is 33.1 Å². The standard InChI is InChI=1S/C23H23Cl2N3O/c24-18-7-3-1-5-16(18)22(17-6-2-4-8-19(17)25)28-15-9-10-21(28)23(29,13-15)20-14-26-11-12-27-20/h1-8,11-12,14-16,18,21-22,29H,9-10,13H2. The summed E-state index contributed by atoms with van der Waals surface area (Å²) in [6.07, 6.45) is 15.8. The van der Waals surface area contributed by atoms with Crippen LogP contribution in [0.4, 0.5) is 0 Å². The minimum Gasteiger partial charge on any atom is -0.382 e. The average molecular weight is 428 g/mol. The van der Waals surface area contributed by atoms with Crippen molar-refractivity contribution in [2.45, 2.75) is 48.4 Å². The molecule has 6 atom stereocenters. The molecule has 1 aromatic heterocycles. The Morgan fingerprint density at radius 1 is 1.14 bits per heavy atom. The molecular weight excluding hydrogens is 405 g/mol. The molecule has 29 heavy (non-hydrogen) atoms. The largest absolute Gasteiger partial charge is 0.382 e. The first kappa shape index (κ1) is 19.3. The highest BCUT2D eigenvalue weighted by Crippen LogP contribution is 2.55. The molecule has 2 saturated heterocycles. The van der Waals surface area contributed by atoms with Gasteiger partial charge in [-0.15, -0.1) is 11.6 Å². The molecule has 150 valence electrons. The number of allylic oxidation sites excluding steroid dienone is 3. The fourth-order valence-corrected chi connectivity index (χ4v) is 6.02. The van der Waals surface area contributed by atoms with Crippen molar-refractivity contribution in [3.63, 3.8) is 0 Å². The van der Waals surface area contributed by atoms with E-state index >= 15 is 0 Å². The van der Waals surface area contributed by atoms with Crippen molar-refractivity contribution in [3.05, 3.63) is 83.4 Å². The number of aromatic nitrogens is 2. The fourth-order valence-electron chi connectivity index (χ4n) is 5.47. The highest BCUT2D eigenvalue weighted by atomic mass is 35.5. The lowest BCUT2D eigenvalue weighted by Gasteiger charge is -2.40. The van der Waals surface area contributed by atoms with Crippen molar-refractivity contribution in [1.82, 2.24) is 14.9 Å². The van der Waals surface area contributed by atoms with Crippen LogP contribution in [0, 0.1) is 5.92 Å². The molecule has 6 unspecified atom stereocenters.